The highest BCUT2D eigenvalue weighted by atomic mass is 16.2. The number of hydrogen-bond acceptors (Lipinski definition) is 2. The molecule has 0 aliphatic rings. The summed E-state index contributed by atoms with van der Waals surface area (Å²) in [5.74, 6) is -0.256. The van der Waals surface area contributed by atoms with E-state index in [0.29, 0.717) is 12.7 Å². The van der Waals surface area contributed by atoms with Crippen molar-refractivity contribution in [3.63, 3.8) is 0 Å². The van der Waals surface area contributed by atoms with E-state index in [9.17, 15) is 9.59 Å². The zero-order chi connectivity index (χ0) is 9.94. The van der Waals surface area contributed by atoms with Crippen molar-refractivity contribution in [2.45, 2.75) is 58.3 Å². The minimum atomic E-state index is -0.256. The highest BCUT2D eigenvalue weighted by Gasteiger charge is 1.97. The Morgan fingerprint density at radius 1 is 1.00 bits per heavy atom. The zero-order valence-corrected chi connectivity index (χ0v) is 8.55. The van der Waals surface area contributed by atoms with Crippen molar-refractivity contribution in [3.05, 3.63) is 0 Å². The second kappa shape index (κ2) is 9.43. The summed E-state index contributed by atoms with van der Waals surface area (Å²) in [6.45, 7) is 2.20. The Morgan fingerprint density at radius 3 is 2.08 bits per heavy atom. The molecule has 0 N–H and O–H groups in total. The van der Waals surface area contributed by atoms with Crippen LogP contribution in [0.5, 0.6) is 0 Å². The molecule has 0 saturated heterocycles. The average molecular weight is 184 g/mol. The summed E-state index contributed by atoms with van der Waals surface area (Å²) in [6, 6.07) is 0. The minimum absolute atomic E-state index is 0.256. The Hall–Kier alpha value is -0.660. The summed E-state index contributed by atoms with van der Waals surface area (Å²) in [5.41, 5.74) is 0. The summed E-state index contributed by atoms with van der Waals surface area (Å²) in [4.78, 5) is 20.5. The first-order valence-electron chi connectivity index (χ1n) is 5.29. The molecule has 0 fully saturated rings. The summed E-state index contributed by atoms with van der Waals surface area (Å²) in [5, 5.41) is 0. The predicted octanol–water partition coefficient (Wildman–Crippen LogP) is 2.90. The number of Topliss-reactive ketones (excluding diaryl/α,β-unsaturated/α-hetero) is 1. The van der Waals surface area contributed by atoms with Gasteiger partial charge in [-0.1, -0.05) is 45.4 Å². The average Bonchev–Trinajstić information content (AvgIpc) is 2.16. The molecule has 0 rings (SSSR count). The Bertz CT molecular complexity index is 141. The molecule has 0 bridgehead atoms. The van der Waals surface area contributed by atoms with E-state index in [1.54, 1.807) is 0 Å². The van der Waals surface area contributed by atoms with E-state index in [2.05, 4.69) is 6.92 Å². The largest absolute Gasteiger partial charge is 0.295 e. The fourth-order valence-electron chi connectivity index (χ4n) is 1.32. The van der Waals surface area contributed by atoms with E-state index >= 15 is 0 Å². The van der Waals surface area contributed by atoms with Crippen molar-refractivity contribution in [1.29, 1.82) is 0 Å². The molecule has 2 heteroatoms. The minimum Gasteiger partial charge on any atom is -0.295 e. The lowest BCUT2D eigenvalue weighted by atomic mass is 10.1. The molecule has 0 heterocycles. The third-order valence-electron chi connectivity index (χ3n) is 2.16. The Labute approximate surface area is 80.7 Å². The number of rotatable bonds is 9. The van der Waals surface area contributed by atoms with Crippen LogP contribution in [0.25, 0.3) is 0 Å². The molecule has 0 aromatic heterocycles. The van der Waals surface area contributed by atoms with E-state index in [0.717, 1.165) is 12.8 Å². The quantitative estimate of drug-likeness (QED) is 0.313. The molecular formula is C11H20O2. The van der Waals surface area contributed by atoms with Gasteiger partial charge in [0.05, 0.1) is 0 Å². The molecule has 0 saturated carbocycles. The van der Waals surface area contributed by atoms with E-state index < -0.39 is 0 Å². The third-order valence-corrected chi connectivity index (χ3v) is 2.16. The fraction of sp³-hybridized carbons (Fsp3) is 0.818. The van der Waals surface area contributed by atoms with Crippen molar-refractivity contribution in [2.24, 2.45) is 0 Å². The molecule has 0 radical (unpaired) electrons. The summed E-state index contributed by atoms with van der Waals surface area (Å²) in [7, 11) is 0. The van der Waals surface area contributed by atoms with Crippen LogP contribution in [-0.4, -0.2) is 12.1 Å². The molecule has 0 aromatic rings. The van der Waals surface area contributed by atoms with Gasteiger partial charge < -0.3 is 0 Å². The van der Waals surface area contributed by atoms with Gasteiger partial charge in [-0.25, -0.2) is 0 Å². The smallest absolute Gasteiger partial charge is 0.195 e. The van der Waals surface area contributed by atoms with Gasteiger partial charge in [-0.3, -0.25) is 9.59 Å². The normalized spacial score (nSPS) is 9.92. The third kappa shape index (κ3) is 9.25. The van der Waals surface area contributed by atoms with Gasteiger partial charge >= 0.3 is 0 Å². The van der Waals surface area contributed by atoms with Gasteiger partial charge in [0.15, 0.2) is 12.1 Å². The van der Waals surface area contributed by atoms with Gasteiger partial charge in [0.2, 0.25) is 0 Å². The first-order valence-corrected chi connectivity index (χ1v) is 5.29. The Morgan fingerprint density at radius 2 is 1.54 bits per heavy atom. The SMILES string of the molecule is CCCCCCCCCC(=O)C=O. The lowest BCUT2D eigenvalue weighted by Crippen LogP contribution is -1.97. The van der Waals surface area contributed by atoms with Crippen molar-refractivity contribution < 1.29 is 9.59 Å². The first kappa shape index (κ1) is 12.3. The molecule has 0 aliphatic carbocycles. The Balaban J connectivity index is 2.99. The van der Waals surface area contributed by atoms with Crippen LogP contribution >= 0.6 is 0 Å². The van der Waals surface area contributed by atoms with Crippen LogP contribution in [0, 0.1) is 0 Å². The van der Waals surface area contributed by atoms with E-state index in [4.69, 9.17) is 0 Å². The van der Waals surface area contributed by atoms with Crippen molar-refractivity contribution >= 4 is 12.1 Å². The molecule has 0 spiro atoms. The highest BCUT2D eigenvalue weighted by molar-refractivity contribution is 6.24. The summed E-state index contributed by atoms with van der Waals surface area (Å²) >= 11 is 0. The lowest BCUT2D eigenvalue weighted by molar-refractivity contribution is -0.129. The number of unbranched alkanes of at least 4 members (excludes halogenated alkanes) is 6. The van der Waals surface area contributed by atoms with Crippen LogP contribution in [0.15, 0.2) is 0 Å². The summed E-state index contributed by atoms with van der Waals surface area (Å²) < 4.78 is 0. The fourth-order valence-corrected chi connectivity index (χ4v) is 1.32. The second-order valence-electron chi connectivity index (χ2n) is 3.46. The van der Waals surface area contributed by atoms with Crippen LogP contribution in [0.4, 0.5) is 0 Å². The second-order valence-corrected chi connectivity index (χ2v) is 3.46. The van der Waals surface area contributed by atoms with Crippen LogP contribution in [0.2, 0.25) is 0 Å². The number of hydrogen-bond donors (Lipinski definition) is 0. The van der Waals surface area contributed by atoms with Crippen LogP contribution in [-0.2, 0) is 9.59 Å². The van der Waals surface area contributed by atoms with Crippen molar-refractivity contribution in [1.82, 2.24) is 0 Å². The lowest BCUT2D eigenvalue weighted by Gasteiger charge is -1.98. The molecular weight excluding hydrogens is 164 g/mol. The monoisotopic (exact) mass is 184 g/mol. The topological polar surface area (TPSA) is 34.1 Å². The molecule has 2 nitrogen and oxygen atoms in total. The van der Waals surface area contributed by atoms with Crippen LogP contribution in [0.1, 0.15) is 58.3 Å². The van der Waals surface area contributed by atoms with Gasteiger partial charge in [-0.2, -0.15) is 0 Å². The van der Waals surface area contributed by atoms with Gasteiger partial charge in [-0.15, -0.1) is 0 Å². The molecule has 0 aromatic carbocycles. The predicted molar refractivity (Wildman–Crippen MR) is 53.7 cm³/mol. The Kier molecular flexibility index (Phi) is 8.95. The van der Waals surface area contributed by atoms with Gasteiger partial charge in [0.1, 0.15) is 0 Å². The van der Waals surface area contributed by atoms with E-state index in [1.807, 2.05) is 0 Å². The molecule has 0 unspecified atom stereocenters. The molecule has 13 heavy (non-hydrogen) atoms. The maximum absolute atomic E-state index is 10.6. The first-order chi connectivity index (χ1) is 6.31. The van der Waals surface area contributed by atoms with Crippen molar-refractivity contribution in [2.75, 3.05) is 0 Å². The molecule has 76 valence electrons. The maximum atomic E-state index is 10.6. The van der Waals surface area contributed by atoms with Gasteiger partial charge in [0, 0.05) is 6.42 Å². The van der Waals surface area contributed by atoms with E-state index in [-0.39, 0.29) is 5.78 Å². The number of carbonyl (C=O) groups excluding carboxylic acids is 2. The van der Waals surface area contributed by atoms with E-state index in [1.165, 1.54) is 32.1 Å². The standard InChI is InChI=1S/C11H20O2/c1-2-3-4-5-6-7-8-9-11(13)10-12/h10H,2-9H2,1H3. The molecule has 0 amide bonds. The van der Waals surface area contributed by atoms with Gasteiger partial charge in [0.25, 0.3) is 0 Å². The van der Waals surface area contributed by atoms with Crippen LogP contribution in [0.3, 0.4) is 0 Å². The number of carbonyl (C=O) groups is 2. The summed E-state index contributed by atoms with van der Waals surface area (Å²) in [6.07, 6.45) is 9.19. The van der Waals surface area contributed by atoms with Gasteiger partial charge in [-0.05, 0) is 6.42 Å². The highest BCUT2D eigenvalue weighted by Crippen LogP contribution is 2.08. The van der Waals surface area contributed by atoms with Crippen LogP contribution < -0.4 is 0 Å². The maximum Gasteiger partial charge on any atom is 0.195 e. The molecule has 0 aliphatic heterocycles. The zero-order valence-electron chi connectivity index (χ0n) is 8.55. The number of aldehydes is 1. The number of ketones is 1. The molecule has 0 atom stereocenters. The van der Waals surface area contributed by atoms with Crippen molar-refractivity contribution in [3.8, 4) is 0 Å².